The number of anilines is 1. The number of aromatic nitrogens is 1. The van der Waals surface area contributed by atoms with Crippen molar-refractivity contribution in [1.29, 1.82) is 0 Å². The van der Waals surface area contributed by atoms with Gasteiger partial charge in [-0.15, -0.1) is 0 Å². The van der Waals surface area contributed by atoms with E-state index in [4.69, 9.17) is 4.74 Å². The molecular weight excluding hydrogens is 377 g/mol. The molecule has 0 bridgehead atoms. The van der Waals surface area contributed by atoms with Crippen LogP contribution in [0.1, 0.15) is 50.0 Å². The van der Waals surface area contributed by atoms with Crippen molar-refractivity contribution in [3.63, 3.8) is 0 Å². The first-order chi connectivity index (χ1) is 12.9. The molecule has 7 nitrogen and oxygen atoms in total. The molecule has 0 radical (unpaired) electrons. The molecular formula is C18H25F3N4O3. The second-order valence-electron chi connectivity index (χ2n) is 7.53. The number of hydrogen-bond acceptors (Lipinski definition) is 5. The average Bonchev–Trinajstić information content (AvgIpc) is 2.69. The van der Waals surface area contributed by atoms with Gasteiger partial charge in [0.2, 0.25) is 0 Å². The summed E-state index contributed by atoms with van der Waals surface area (Å²) < 4.78 is 44.2. The Morgan fingerprint density at radius 2 is 2.07 bits per heavy atom. The normalized spacial score (nSPS) is 17.5. The molecule has 0 saturated carbocycles. The Hall–Kier alpha value is -2.52. The summed E-state index contributed by atoms with van der Waals surface area (Å²) >= 11 is 0. The maximum Gasteiger partial charge on any atom is 0.417 e. The first kappa shape index (κ1) is 21.8. The van der Waals surface area contributed by atoms with E-state index in [9.17, 15) is 22.8 Å². The summed E-state index contributed by atoms with van der Waals surface area (Å²) in [6.45, 7) is 7.85. The monoisotopic (exact) mass is 402 g/mol. The van der Waals surface area contributed by atoms with E-state index in [1.807, 2.05) is 6.92 Å². The van der Waals surface area contributed by atoms with Crippen LogP contribution < -0.4 is 15.5 Å². The van der Waals surface area contributed by atoms with E-state index in [0.29, 0.717) is 13.0 Å². The van der Waals surface area contributed by atoms with Crippen molar-refractivity contribution in [2.45, 2.75) is 51.9 Å². The Kier molecular flexibility index (Phi) is 6.41. The zero-order chi connectivity index (χ0) is 21.1. The Balaban J connectivity index is 2.28. The molecule has 0 spiro atoms. The molecule has 1 aromatic rings. The molecule has 0 aromatic carbocycles. The van der Waals surface area contributed by atoms with Gasteiger partial charge in [-0.25, -0.2) is 9.78 Å². The van der Waals surface area contributed by atoms with Gasteiger partial charge in [0.15, 0.2) is 0 Å². The molecule has 2 amide bonds. The number of halogens is 3. The van der Waals surface area contributed by atoms with Crippen LogP contribution in [-0.2, 0) is 10.9 Å². The van der Waals surface area contributed by atoms with E-state index >= 15 is 0 Å². The van der Waals surface area contributed by atoms with Gasteiger partial charge < -0.3 is 20.3 Å². The van der Waals surface area contributed by atoms with E-state index in [2.05, 4.69) is 15.6 Å². The topological polar surface area (TPSA) is 83.6 Å². The van der Waals surface area contributed by atoms with Crippen LogP contribution in [0.5, 0.6) is 0 Å². The van der Waals surface area contributed by atoms with Crippen LogP contribution in [-0.4, -0.2) is 48.3 Å². The Morgan fingerprint density at radius 3 is 2.64 bits per heavy atom. The number of carbonyl (C=O) groups excluding carboxylic acids is 2. The summed E-state index contributed by atoms with van der Waals surface area (Å²) in [5.41, 5.74) is -1.78. The number of hydrogen-bond donors (Lipinski definition) is 2. The number of nitrogens with one attached hydrogen (secondary N) is 2. The lowest BCUT2D eigenvalue weighted by Crippen LogP contribution is -2.49. The van der Waals surface area contributed by atoms with Crippen molar-refractivity contribution >= 4 is 17.8 Å². The molecule has 28 heavy (non-hydrogen) atoms. The van der Waals surface area contributed by atoms with Crippen molar-refractivity contribution in [1.82, 2.24) is 15.6 Å². The Bertz CT molecular complexity index is 732. The number of alkyl halides is 3. The first-order valence-electron chi connectivity index (χ1n) is 9.01. The molecule has 1 atom stereocenters. The van der Waals surface area contributed by atoms with Gasteiger partial charge in [0, 0.05) is 25.8 Å². The number of rotatable bonds is 4. The first-order valence-corrected chi connectivity index (χ1v) is 9.01. The second kappa shape index (κ2) is 8.24. The zero-order valence-corrected chi connectivity index (χ0v) is 16.3. The van der Waals surface area contributed by atoms with Crippen LogP contribution in [0.4, 0.5) is 23.8 Å². The molecule has 1 aliphatic rings. The van der Waals surface area contributed by atoms with E-state index in [1.54, 1.807) is 25.7 Å². The minimum Gasteiger partial charge on any atom is -0.444 e. The van der Waals surface area contributed by atoms with Gasteiger partial charge in [0.25, 0.3) is 5.91 Å². The zero-order valence-electron chi connectivity index (χ0n) is 16.3. The molecule has 2 rings (SSSR count). The quantitative estimate of drug-likeness (QED) is 0.809. The summed E-state index contributed by atoms with van der Waals surface area (Å²) in [6, 6.07) is 0.422. The van der Waals surface area contributed by atoms with Gasteiger partial charge in [-0.05, 0) is 33.3 Å². The third-order valence-corrected chi connectivity index (χ3v) is 4.00. The second-order valence-corrected chi connectivity index (χ2v) is 7.53. The van der Waals surface area contributed by atoms with Crippen LogP contribution in [0.25, 0.3) is 0 Å². The lowest BCUT2D eigenvalue weighted by molar-refractivity contribution is -0.137. The van der Waals surface area contributed by atoms with Crippen molar-refractivity contribution in [2.75, 3.05) is 24.5 Å². The minimum absolute atomic E-state index is 0.136. The van der Waals surface area contributed by atoms with Gasteiger partial charge in [0.1, 0.15) is 11.4 Å². The number of carbonyl (C=O) groups is 2. The van der Waals surface area contributed by atoms with E-state index < -0.39 is 29.3 Å². The lowest BCUT2D eigenvalue weighted by atomic mass is 10.1. The molecule has 0 fully saturated rings. The highest BCUT2D eigenvalue weighted by Gasteiger charge is 2.35. The van der Waals surface area contributed by atoms with Crippen LogP contribution in [0.2, 0.25) is 0 Å². The number of amides is 2. The van der Waals surface area contributed by atoms with Gasteiger partial charge in [0.05, 0.1) is 17.2 Å². The van der Waals surface area contributed by atoms with Crippen molar-refractivity contribution in [3.05, 3.63) is 23.4 Å². The molecule has 1 aromatic heterocycles. The molecule has 0 saturated heterocycles. The highest BCUT2D eigenvalue weighted by Crippen LogP contribution is 2.32. The summed E-state index contributed by atoms with van der Waals surface area (Å²) in [6.07, 6.45) is -3.81. The van der Waals surface area contributed by atoms with Crippen molar-refractivity contribution < 1.29 is 27.5 Å². The predicted octanol–water partition coefficient (Wildman–Crippen LogP) is 2.95. The molecule has 1 unspecified atom stereocenters. The summed E-state index contributed by atoms with van der Waals surface area (Å²) in [4.78, 5) is 30.0. The Morgan fingerprint density at radius 1 is 1.39 bits per heavy atom. The smallest absolute Gasteiger partial charge is 0.417 e. The largest absolute Gasteiger partial charge is 0.444 e. The van der Waals surface area contributed by atoms with Crippen molar-refractivity contribution in [3.8, 4) is 0 Å². The lowest BCUT2D eigenvalue weighted by Gasteiger charge is -2.32. The highest BCUT2D eigenvalue weighted by molar-refractivity contribution is 5.99. The SMILES string of the molecule is CCCN1c2ncc(C(F)(F)F)cc2C(=O)NCC1CNC(=O)OC(C)(C)C. The fourth-order valence-corrected chi connectivity index (χ4v) is 2.82. The predicted molar refractivity (Wildman–Crippen MR) is 97.2 cm³/mol. The number of nitrogens with zero attached hydrogens (tertiary/aromatic N) is 2. The third-order valence-electron chi connectivity index (χ3n) is 4.00. The number of ether oxygens (including phenoxy) is 1. The van der Waals surface area contributed by atoms with Crippen molar-refractivity contribution in [2.24, 2.45) is 0 Å². The minimum atomic E-state index is -4.60. The van der Waals surface area contributed by atoms with Gasteiger partial charge in [-0.1, -0.05) is 6.92 Å². The number of pyridine rings is 1. The highest BCUT2D eigenvalue weighted by atomic mass is 19.4. The van der Waals surface area contributed by atoms with Crippen LogP contribution in [0, 0.1) is 0 Å². The van der Waals surface area contributed by atoms with E-state index in [1.165, 1.54) is 0 Å². The molecule has 156 valence electrons. The maximum atomic E-state index is 13.0. The standard InChI is InChI=1S/C18H25F3N4O3/c1-5-6-25-12(10-24-16(27)28-17(2,3)4)9-23-15(26)13-7-11(18(19,20)21)8-22-14(13)25/h7-8,12H,5-6,9-10H2,1-4H3,(H,23,26)(H,24,27). The number of alkyl carbamates (subject to hydrolysis) is 1. The molecule has 1 aliphatic heterocycles. The van der Waals surface area contributed by atoms with Gasteiger partial charge >= 0.3 is 12.3 Å². The third kappa shape index (κ3) is 5.49. The summed E-state index contributed by atoms with van der Waals surface area (Å²) in [7, 11) is 0. The van der Waals surface area contributed by atoms with E-state index in [0.717, 1.165) is 12.3 Å². The molecule has 0 aliphatic carbocycles. The molecule has 10 heteroatoms. The van der Waals surface area contributed by atoms with Gasteiger partial charge in [-0.2, -0.15) is 13.2 Å². The molecule has 2 heterocycles. The summed E-state index contributed by atoms with van der Waals surface area (Å²) in [5, 5.41) is 5.25. The fraction of sp³-hybridized carbons (Fsp3) is 0.611. The summed E-state index contributed by atoms with van der Waals surface area (Å²) in [5.74, 6) is -0.463. The van der Waals surface area contributed by atoms with Gasteiger partial charge in [-0.3, -0.25) is 4.79 Å². The fourth-order valence-electron chi connectivity index (χ4n) is 2.82. The average molecular weight is 402 g/mol. The van der Waals surface area contributed by atoms with E-state index in [-0.39, 0.29) is 30.5 Å². The van der Waals surface area contributed by atoms with Crippen LogP contribution >= 0.6 is 0 Å². The van der Waals surface area contributed by atoms with Crippen LogP contribution in [0.15, 0.2) is 12.3 Å². The van der Waals surface area contributed by atoms with Crippen LogP contribution in [0.3, 0.4) is 0 Å². The molecule has 2 N–H and O–H groups in total. The maximum absolute atomic E-state index is 13.0. The Labute approximate surface area is 161 Å². The number of fused-ring (bicyclic) bond motifs is 1.